The molecular weight excluding hydrogens is 312 g/mol. The molecule has 1 atom stereocenters. The van der Waals surface area contributed by atoms with E-state index in [2.05, 4.69) is 34.4 Å². The molecule has 25 heavy (non-hydrogen) atoms. The number of hydrogen-bond acceptors (Lipinski definition) is 3. The molecule has 132 valence electrons. The Hall–Kier alpha value is -2.17. The minimum atomic E-state index is 0.124. The fourth-order valence-electron chi connectivity index (χ4n) is 3.92. The summed E-state index contributed by atoms with van der Waals surface area (Å²) in [5.41, 5.74) is 1.01. The van der Waals surface area contributed by atoms with Crippen molar-refractivity contribution in [2.45, 2.75) is 57.9 Å². The first-order valence-corrected chi connectivity index (χ1v) is 9.46. The van der Waals surface area contributed by atoms with Crippen molar-refractivity contribution in [2.24, 2.45) is 5.92 Å². The second-order valence-electron chi connectivity index (χ2n) is 7.55. The van der Waals surface area contributed by atoms with E-state index in [9.17, 15) is 4.79 Å². The summed E-state index contributed by atoms with van der Waals surface area (Å²) in [6.45, 7) is 5.14. The molecule has 5 heteroatoms. The average Bonchev–Trinajstić information content (AvgIpc) is 3.22. The van der Waals surface area contributed by atoms with Gasteiger partial charge in [0.05, 0.1) is 11.7 Å². The van der Waals surface area contributed by atoms with Crippen LogP contribution < -0.4 is 0 Å². The van der Waals surface area contributed by atoms with E-state index in [4.69, 9.17) is 4.98 Å². The fraction of sp³-hybridized carbons (Fsp3) is 0.550. The van der Waals surface area contributed by atoms with Gasteiger partial charge in [-0.05, 0) is 37.8 Å². The number of imidazole rings is 1. The molecule has 0 aromatic carbocycles. The lowest BCUT2D eigenvalue weighted by atomic mass is 9.84. The van der Waals surface area contributed by atoms with Crippen LogP contribution >= 0.6 is 0 Å². The van der Waals surface area contributed by atoms with Crippen LogP contribution in [0.15, 0.2) is 30.6 Å². The summed E-state index contributed by atoms with van der Waals surface area (Å²) in [6.07, 6.45) is 9.18. The lowest BCUT2D eigenvalue weighted by Gasteiger charge is -2.32. The van der Waals surface area contributed by atoms with E-state index in [0.29, 0.717) is 11.8 Å². The number of aromatic nitrogens is 3. The number of rotatable bonds is 4. The normalized spacial score (nSPS) is 20.9. The molecule has 1 amide bonds. The van der Waals surface area contributed by atoms with Crippen LogP contribution in [0.3, 0.4) is 0 Å². The molecule has 3 heterocycles. The monoisotopic (exact) mass is 338 g/mol. The number of likely N-dealkylation sites (tertiary alicyclic amines) is 1. The van der Waals surface area contributed by atoms with Crippen LogP contribution in [-0.4, -0.2) is 31.9 Å². The van der Waals surface area contributed by atoms with Crippen molar-refractivity contribution in [3.8, 4) is 5.82 Å². The molecule has 2 fully saturated rings. The van der Waals surface area contributed by atoms with Gasteiger partial charge in [0.2, 0.25) is 5.91 Å². The number of carbonyl (C=O) groups excluding carboxylic acids is 1. The summed E-state index contributed by atoms with van der Waals surface area (Å²) >= 11 is 0. The first kappa shape index (κ1) is 16.3. The number of nitrogens with zero attached hydrogens (tertiary/aromatic N) is 4. The van der Waals surface area contributed by atoms with E-state index in [-0.39, 0.29) is 12.0 Å². The predicted octanol–water partition coefficient (Wildman–Crippen LogP) is 3.85. The van der Waals surface area contributed by atoms with Crippen LogP contribution in [0.4, 0.5) is 0 Å². The molecule has 1 saturated heterocycles. The van der Waals surface area contributed by atoms with Crippen molar-refractivity contribution in [3.05, 3.63) is 42.1 Å². The Morgan fingerprint density at radius 2 is 2.04 bits per heavy atom. The molecule has 1 unspecified atom stereocenters. The molecule has 0 radical (unpaired) electrons. The van der Waals surface area contributed by atoms with Crippen LogP contribution in [0.1, 0.15) is 69.4 Å². The van der Waals surface area contributed by atoms with Gasteiger partial charge in [-0.15, -0.1) is 0 Å². The van der Waals surface area contributed by atoms with Gasteiger partial charge in [0.25, 0.3) is 0 Å². The highest BCUT2D eigenvalue weighted by atomic mass is 16.2. The molecule has 2 aliphatic rings. The van der Waals surface area contributed by atoms with Gasteiger partial charge in [0, 0.05) is 30.8 Å². The first-order chi connectivity index (χ1) is 12.1. The highest BCUT2D eigenvalue weighted by molar-refractivity contribution is 5.80. The molecule has 0 bridgehead atoms. The largest absolute Gasteiger partial charge is 0.334 e. The van der Waals surface area contributed by atoms with Crippen molar-refractivity contribution < 1.29 is 4.79 Å². The van der Waals surface area contributed by atoms with E-state index < -0.39 is 0 Å². The summed E-state index contributed by atoms with van der Waals surface area (Å²) in [7, 11) is 0. The predicted molar refractivity (Wildman–Crippen MR) is 96.5 cm³/mol. The third-order valence-corrected chi connectivity index (χ3v) is 5.52. The lowest BCUT2D eigenvalue weighted by molar-refractivity contribution is -0.139. The Labute approximate surface area is 149 Å². The van der Waals surface area contributed by atoms with Gasteiger partial charge in [-0.1, -0.05) is 26.3 Å². The van der Waals surface area contributed by atoms with Crippen molar-refractivity contribution >= 4 is 5.91 Å². The molecule has 0 N–H and O–H groups in total. The van der Waals surface area contributed by atoms with Crippen molar-refractivity contribution in [1.29, 1.82) is 0 Å². The van der Waals surface area contributed by atoms with Crippen LogP contribution in [-0.2, 0) is 4.79 Å². The van der Waals surface area contributed by atoms with Gasteiger partial charge >= 0.3 is 0 Å². The molecule has 4 rings (SSSR count). The SMILES string of the molecule is CC(C)c1nccn1-c1cccc(C2CCCN2C(=O)C2CCC2)n1. The summed E-state index contributed by atoms with van der Waals surface area (Å²) < 4.78 is 2.06. The number of amides is 1. The zero-order chi connectivity index (χ0) is 17.4. The molecule has 2 aromatic rings. The van der Waals surface area contributed by atoms with Gasteiger partial charge in [0.1, 0.15) is 11.6 Å². The molecule has 1 aliphatic heterocycles. The zero-order valence-corrected chi connectivity index (χ0v) is 15.1. The van der Waals surface area contributed by atoms with E-state index in [1.165, 1.54) is 6.42 Å². The van der Waals surface area contributed by atoms with E-state index in [0.717, 1.165) is 49.6 Å². The number of carbonyl (C=O) groups is 1. The molecule has 5 nitrogen and oxygen atoms in total. The van der Waals surface area contributed by atoms with E-state index in [1.807, 2.05) is 24.5 Å². The van der Waals surface area contributed by atoms with Crippen LogP contribution in [0.2, 0.25) is 0 Å². The molecule has 2 aromatic heterocycles. The van der Waals surface area contributed by atoms with Gasteiger partial charge in [-0.25, -0.2) is 9.97 Å². The number of hydrogen-bond donors (Lipinski definition) is 0. The third kappa shape index (κ3) is 2.96. The Morgan fingerprint density at radius 3 is 2.76 bits per heavy atom. The minimum absolute atomic E-state index is 0.124. The Kier molecular flexibility index (Phi) is 4.32. The zero-order valence-electron chi connectivity index (χ0n) is 15.1. The molecular formula is C20H26N4O. The maximum Gasteiger partial charge on any atom is 0.226 e. The Balaban J connectivity index is 1.62. The first-order valence-electron chi connectivity index (χ1n) is 9.46. The minimum Gasteiger partial charge on any atom is -0.334 e. The highest BCUT2D eigenvalue weighted by Gasteiger charge is 2.36. The standard InChI is InChI=1S/C20H26N4O/c1-14(2)19-21-11-13-24(19)18-10-4-8-16(22-18)17-9-5-12-23(17)20(25)15-6-3-7-15/h4,8,10-11,13-15,17H,3,5-7,9,12H2,1-2H3. The molecule has 0 spiro atoms. The van der Waals surface area contributed by atoms with Crippen LogP contribution in [0, 0.1) is 5.92 Å². The fourth-order valence-corrected chi connectivity index (χ4v) is 3.92. The quantitative estimate of drug-likeness (QED) is 0.851. The molecule has 1 aliphatic carbocycles. The summed E-state index contributed by atoms with van der Waals surface area (Å²) in [5.74, 6) is 2.83. The summed E-state index contributed by atoms with van der Waals surface area (Å²) in [6, 6.07) is 6.25. The van der Waals surface area contributed by atoms with Gasteiger partial charge < -0.3 is 4.90 Å². The second kappa shape index (κ2) is 6.62. The van der Waals surface area contributed by atoms with Gasteiger partial charge in [0.15, 0.2) is 0 Å². The summed E-state index contributed by atoms with van der Waals surface area (Å²) in [5, 5.41) is 0. The third-order valence-electron chi connectivity index (χ3n) is 5.52. The molecule has 1 saturated carbocycles. The maximum atomic E-state index is 12.8. The van der Waals surface area contributed by atoms with Crippen molar-refractivity contribution in [1.82, 2.24) is 19.4 Å². The highest BCUT2D eigenvalue weighted by Crippen LogP contribution is 2.36. The van der Waals surface area contributed by atoms with E-state index in [1.54, 1.807) is 0 Å². The average molecular weight is 338 g/mol. The Morgan fingerprint density at radius 1 is 1.20 bits per heavy atom. The van der Waals surface area contributed by atoms with E-state index >= 15 is 0 Å². The number of pyridine rings is 1. The van der Waals surface area contributed by atoms with Gasteiger partial charge in [-0.2, -0.15) is 0 Å². The van der Waals surface area contributed by atoms with Gasteiger partial charge in [-0.3, -0.25) is 9.36 Å². The summed E-state index contributed by atoms with van der Waals surface area (Å²) in [4.78, 5) is 24.2. The van der Waals surface area contributed by atoms with Crippen LogP contribution in [0.25, 0.3) is 5.82 Å². The Bertz CT molecular complexity index is 763. The van der Waals surface area contributed by atoms with Crippen molar-refractivity contribution in [3.63, 3.8) is 0 Å². The lowest BCUT2D eigenvalue weighted by Crippen LogP contribution is -2.38. The van der Waals surface area contributed by atoms with Crippen LogP contribution in [0.5, 0.6) is 0 Å². The maximum absolute atomic E-state index is 12.8. The van der Waals surface area contributed by atoms with Crippen molar-refractivity contribution in [2.75, 3.05) is 6.54 Å². The topological polar surface area (TPSA) is 51.0 Å². The smallest absolute Gasteiger partial charge is 0.226 e. The second-order valence-corrected chi connectivity index (χ2v) is 7.55.